The Kier molecular flexibility index (Phi) is 3.10. The van der Waals surface area contributed by atoms with Crippen molar-refractivity contribution >= 4 is 21.6 Å². The van der Waals surface area contributed by atoms with Gasteiger partial charge in [0.05, 0.1) is 0 Å². The number of anilines is 1. The Bertz CT molecular complexity index is 499. The van der Waals surface area contributed by atoms with Gasteiger partial charge in [0.25, 0.3) is 0 Å². The van der Waals surface area contributed by atoms with Gasteiger partial charge in [-0.05, 0) is 52.3 Å². The first kappa shape index (κ1) is 11.0. The molecule has 2 rings (SSSR count). The van der Waals surface area contributed by atoms with E-state index in [-0.39, 0.29) is 5.82 Å². The fraction of sp³-hybridized carbons (Fsp3) is 0. The Hall–Kier alpha value is -1.55. The van der Waals surface area contributed by atoms with Crippen molar-refractivity contribution in [3.8, 4) is 11.5 Å². The number of rotatable bonds is 2. The van der Waals surface area contributed by atoms with Crippen molar-refractivity contribution in [2.24, 2.45) is 0 Å². The lowest BCUT2D eigenvalue weighted by atomic mass is 10.3. The minimum atomic E-state index is -0.289. The van der Waals surface area contributed by atoms with Crippen molar-refractivity contribution in [1.82, 2.24) is 0 Å². The summed E-state index contributed by atoms with van der Waals surface area (Å²) in [6.45, 7) is 0. The summed E-state index contributed by atoms with van der Waals surface area (Å²) >= 11 is 3.29. The molecule has 0 spiro atoms. The highest BCUT2D eigenvalue weighted by Gasteiger charge is 2.00. The van der Waals surface area contributed by atoms with Gasteiger partial charge in [-0.1, -0.05) is 0 Å². The Balaban J connectivity index is 2.20. The maximum absolute atomic E-state index is 12.7. The molecule has 2 N–H and O–H groups in total. The van der Waals surface area contributed by atoms with Crippen LogP contribution in [-0.4, -0.2) is 0 Å². The molecule has 0 aromatic heterocycles. The summed E-state index contributed by atoms with van der Waals surface area (Å²) in [5.74, 6) is 0.901. The zero-order valence-electron chi connectivity index (χ0n) is 8.28. The second-order valence-electron chi connectivity index (χ2n) is 3.24. The first-order chi connectivity index (χ1) is 7.65. The SMILES string of the molecule is Nc1cc(Oc2ccc(F)cc2)ccc1Br. The minimum absolute atomic E-state index is 0.289. The predicted molar refractivity (Wildman–Crippen MR) is 65.0 cm³/mol. The summed E-state index contributed by atoms with van der Waals surface area (Å²) in [7, 11) is 0. The van der Waals surface area contributed by atoms with Gasteiger partial charge in [-0.15, -0.1) is 0 Å². The third-order valence-electron chi connectivity index (χ3n) is 2.02. The van der Waals surface area contributed by atoms with Gasteiger partial charge in [0.15, 0.2) is 0 Å². The van der Waals surface area contributed by atoms with Gasteiger partial charge in [-0.25, -0.2) is 4.39 Å². The molecule has 0 unspecified atom stereocenters. The lowest BCUT2D eigenvalue weighted by Gasteiger charge is -2.06. The molecule has 4 heteroatoms. The van der Waals surface area contributed by atoms with Gasteiger partial charge in [0, 0.05) is 16.2 Å². The molecule has 16 heavy (non-hydrogen) atoms. The van der Waals surface area contributed by atoms with Crippen molar-refractivity contribution in [2.45, 2.75) is 0 Å². The van der Waals surface area contributed by atoms with E-state index in [4.69, 9.17) is 10.5 Å². The van der Waals surface area contributed by atoms with Crippen molar-refractivity contribution in [3.63, 3.8) is 0 Å². The highest BCUT2D eigenvalue weighted by Crippen LogP contribution is 2.27. The van der Waals surface area contributed by atoms with Crippen molar-refractivity contribution in [2.75, 3.05) is 5.73 Å². The molecular formula is C12H9BrFNO. The number of nitrogens with two attached hydrogens (primary N) is 1. The monoisotopic (exact) mass is 281 g/mol. The van der Waals surface area contributed by atoms with Crippen molar-refractivity contribution in [1.29, 1.82) is 0 Å². The number of hydrogen-bond donors (Lipinski definition) is 1. The minimum Gasteiger partial charge on any atom is -0.457 e. The molecule has 0 heterocycles. The van der Waals surface area contributed by atoms with E-state index in [1.54, 1.807) is 30.3 Å². The molecule has 0 aliphatic carbocycles. The molecule has 0 saturated heterocycles. The molecule has 2 aromatic carbocycles. The average molecular weight is 282 g/mol. The maximum atomic E-state index is 12.7. The fourth-order valence-electron chi connectivity index (χ4n) is 1.22. The first-order valence-corrected chi connectivity index (χ1v) is 5.43. The molecule has 2 nitrogen and oxygen atoms in total. The fourth-order valence-corrected chi connectivity index (χ4v) is 1.47. The van der Waals surface area contributed by atoms with Gasteiger partial charge < -0.3 is 10.5 Å². The summed E-state index contributed by atoms with van der Waals surface area (Å²) < 4.78 is 19.0. The molecular weight excluding hydrogens is 273 g/mol. The second-order valence-corrected chi connectivity index (χ2v) is 4.09. The van der Waals surface area contributed by atoms with Crippen LogP contribution in [0, 0.1) is 5.82 Å². The normalized spacial score (nSPS) is 10.1. The molecule has 0 fully saturated rings. The molecule has 0 saturated carbocycles. The standard InChI is InChI=1S/C12H9BrFNO/c13-11-6-5-10(7-12(11)15)16-9-3-1-8(14)2-4-9/h1-7H,15H2. The largest absolute Gasteiger partial charge is 0.457 e. The predicted octanol–water partition coefficient (Wildman–Crippen LogP) is 3.96. The number of halogens is 2. The molecule has 0 bridgehead atoms. The molecule has 0 aliphatic heterocycles. The summed E-state index contributed by atoms with van der Waals surface area (Å²) in [5.41, 5.74) is 6.31. The van der Waals surface area contributed by atoms with E-state index in [0.29, 0.717) is 17.2 Å². The van der Waals surface area contributed by atoms with Gasteiger partial charge in [0.2, 0.25) is 0 Å². The molecule has 0 atom stereocenters. The lowest BCUT2D eigenvalue weighted by Crippen LogP contribution is -1.89. The second kappa shape index (κ2) is 4.53. The smallest absolute Gasteiger partial charge is 0.129 e. The molecule has 2 aromatic rings. The van der Waals surface area contributed by atoms with Crippen LogP contribution in [0.15, 0.2) is 46.9 Å². The molecule has 0 aliphatic rings. The average Bonchev–Trinajstić information content (AvgIpc) is 2.27. The van der Waals surface area contributed by atoms with Crippen molar-refractivity contribution in [3.05, 3.63) is 52.8 Å². The van der Waals surface area contributed by atoms with Crippen LogP contribution in [0.3, 0.4) is 0 Å². The molecule has 82 valence electrons. The molecule has 0 amide bonds. The summed E-state index contributed by atoms with van der Waals surface area (Å²) in [5, 5.41) is 0. The van der Waals surface area contributed by atoms with Crippen LogP contribution in [0.5, 0.6) is 11.5 Å². The highest BCUT2D eigenvalue weighted by molar-refractivity contribution is 9.10. The van der Waals surface area contributed by atoms with Crippen LogP contribution in [0.4, 0.5) is 10.1 Å². The van der Waals surface area contributed by atoms with Crippen LogP contribution in [0.1, 0.15) is 0 Å². The van der Waals surface area contributed by atoms with E-state index in [1.165, 1.54) is 12.1 Å². The summed E-state index contributed by atoms with van der Waals surface area (Å²) in [6.07, 6.45) is 0. The van der Waals surface area contributed by atoms with Crippen molar-refractivity contribution < 1.29 is 9.13 Å². The number of ether oxygens (including phenoxy) is 1. The van der Waals surface area contributed by atoms with Gasteiger partial charge in [-0.3, -0.25) is 0 Å². The maximum Gasteiger partial charge on any atom is 0.129 e. The number of nitrogen functional groups attached to an aromatic ring is 1. The third-order valence-corrected chi connectivity index (χ3v) is 2.74. The Morgan fingerprint density at radius 3 is 2.25 bits per heavy atom. The van der Waals surface area contributed by atoms with E-state index in [2.05, 4.69) is 15.9 Å². The van der Waals surface area contributed by atoms with E-state index < -0.39 is 0 Å². The van der Waals surface area contributed by atoms with Crippen LogP contribution >= 0.6 is 15.9 Å². The van der Waals surface area contributed by atoms with E-state index in [0.717, 1.165) is 4.47 Å². The quantitative estimate of drug-likeness (QED) is 0.846. The molecule has 0 radical (unpaired) electrons. The topological polar surface area (TPSA) is 35.2 Å². The Labute approximate surface area is 101 Å². The zero-order chi connectivity index (χ0) is 11.5. The number of hydrogen-bond acceptors (Lipinski definition) is 2. The Morgan fingerprint density at radius 1 is 1.00 bits per heavy atom. The first-order valence-electron chi connectivity index (χ1n) is 4.63. The van der Waals surface area contributed by atoms with Gasteiger partial charge in [0.1, 0.15) is 17.3 Å². The van der Waals surface area contributed by atoms with E-state index in [9.17, 15) is 4.39 Å². The summed E-state index contributed by atoms with van der Waals surface area (Å²) in [6, 6.07) is 11.1. The van der Waals surface area contributed by atoms with E-state index >= 15 is 0 Å². The number of benzene rings is 2. The van der Waals surface area contributed by atoms with Crippen LogP contribution < -0.4 is 10.5 Å². The summed E-state index contributed by atoms with van der Waals surface area (Å²) in [4.78, 5) is 0. The third kappa shape index (κ3) is 2.52. The zero-order valence-corrected chi connectivity index (χ0v) is 9.87. The lowest BCUT2D eigenvalue weighted by molar-refractivity contribution is 0.481. The van der Waals surface area contributed by atoms with Crippen LogP contribution in [0.25, 0.3) is 0 Å². The van der Waals surface area contributed by atoms with Gasteiger partial charge >= 0.3 is 0 Å². The van der Waals surface area contributed by atoms with Crippen LogP contribution in [0.2, 0.25) is 0 Å². The van der Waals surface area contributed by atoms with Gasteiger partial charge in [-0.2, -0.15) is 0 Å². The Morgan fingerprint density at radius 2 is 1.62 bits per heavy atom. The highest BCUT2D eigenvalue weighted by atomic mass is 79.9. The van der Waals surface area contributed by atoms with Crippen LogP contribution in [-0.2, 0) is 0 Å². The van der Waals surface area contributed by atoms with E-state index in [1.807, 2.05) is 0 Å².